The first-order valence-electron chi connectivity index (χ1n) is 8.45. The summed E-state index contributed by atoms with van der Waals surface area (Å²) >= 11 is 1.29. The van der Waals surface area contributed by atoms with Gasteiger partial charge >= 0.3 is 0 Å². The third kappa shape index (κ3) is 4.17. The summed E-state index contributed by atoms with van der Waals surface area (Å²) < 4.78 is 5.67. The van der Waals surface area contributed by atoms with E-state index in [-0.39, 0.29) is 5.91 Å². The topological polar surface area (TPSA) is 68.0 Å². The first-order valence-corrected chi connectivity index (χ1v) is 9.43. The monoisotopic (exact) mass is 345 g/mol. The summed E-state index contributed by atoms with van der Waals surface area (Å²) in [5.41, 5.74) is 2.01. The lowest BCUT2D eigenvalue weighted by molar-refractivity contribution is -0.119. The predicted molar refractivity (Wildman–Crippen MR) is 94.8 cm³/mol. The Balaban J connectivity index is 1.54. The second-order valence-electron chi connectivity index (χ2n) is 6.41. The molecular formula is C18H23N3O2S. The van der Waals surface area contributed by atoms with Crippen molar-refractivity contribution in [1.82, 2.24) is 15.5 Å². The van der Waals surface area contributed by atoms with E-state index in [0.717, 1.165) is 17.5 Å². The number of aryl methyl sites for hydroxylation is 1. The molecule has 1 aromatic heterocycles. The van der Waals surface area contributed by atoms with Crippen molar-refractivity contribution in [1.29, 1.82) is 0 Å². The first kappa shape index (κ1) is 17.0. The Labute approximate surface area is 146 Å². The average molecular weight is 345 g/mol. The third-order valence-electron chi connectivity index (χ3n) is 4.57. The second-order valence-corrected chi connectivity index (χ2v) is 7.34. The number of nitrogens with zero attached hydrogens (tertiary/aromatic N) is 2. The van der Waals surface area contributed by atoms with Crippen LogP contribution in [0.3, 0.4) is 0 Å². The molecule has 1 aromatic carbocycles. The molecule has 5 nitrogen and oxygen atoms in total. The van der Waals surface area contributed by atoms with Crippen molar-refractivity contribution in [3.05, 3.63) is 29.8 Å². The Hall–Kier alpha value is -1.82. The van der Waals surface area contributed by atoms with Crippen molar-refractivity contribution < 1.29 is 9.21 Å². The van der Waals surface area contributed by atoms with Gasteiger partial charge in [-0.05, 0) is 37.3 Å². The first-order chi connectivity index (χ1) is 11.6. The molecule has 0 spiro atoms. The Bertz CT molecular complexity index is 701. The number of aromatic nitrogens is 2. The number of thioether (sulfide) groups is 1. The SMILES string of the molecule is Cc1ccccc1-c1nnc(SCC(=O)N[C@@H]2CCCC[C@@H]2C)o1. The molecule has 0 unspecified atom stereocenters. The fraction of sp³-hybridized carbons (Fsp3) is 0.500. The van der Waals surface area contributed by atoms with E-state index in [2.05, 4.69) is 22.4 Å². The average Bonchev–Trinajstić information content (AvgIpc) is 3.04. The van der Waals surface area contributed by atoms with Gasteiger partial charge in [-0.2, -0.15) is 0 Å². The van der Waals surface area contributed by atoms with Crippen molar-refractivity contribution in [3.8, 4) is 11.5 Å². The largest absolute Gasteiger partial charge is 0.411 e. The Kier molecular flexibility index (Phi) is 5.56. The molecule has 1 fully saturated rings. The van der Waals surface area contributed by atoms with Crippen molar-refractivity contribution >= 4 is 17.7 Å². The normalized spacial score (nSPS) is 20.8. The van der Waals surface area contributed by atoms with Gasteiger partial charge in [-0.15, -0.1) is 10.2 Å². The summed E-state index contributed by atoms with van der Waals surface area (Å²) in [7, 11) is 0. The number of hydrogen-bond acceptors (Lipinski definition) is 5. The lowest BCUT2D eigenvalue weighted by Crippen LogP contribution is -2.41. The maximum absolute atomic E-state index is 12.1. The zero-order valence-electron chi connectivity index (χ0n) is 14.1. The summed E-state index contributed by atoms with van der Waals surface area (Å²) in [4.78, 5) is 12.1. The van der Waals surface area contributed by atoms with Crippen LogP contribution in [0.1, 0.15) is 38.2 Å². The highest BCUT2D eigenvalue weighted by atomic mass is 32.2. The van der Waals surface area contributed by atoms with E-state index < -0.39 is 0 Å². The van der Waals surface area contributed by atoms with Gasteiger partial charge in [0.25, 0.3) is 5.22 Å². The van der Waals surface area contributed by atoms with Gasteiger partial charge < -0.3 is 9.73 Å². The zero-order chi connectivity index (χ0) is 16.9. The van der Waals surface area contributed by atoms with E-state index in [1.165, 1.54) is 31.0 Å². The van der Waals surface area contributed by atoms with E-state index in [1.54, 1.807) is 0 Å². The molecule has 128 valence electrons. The lowest BCUT2D eigenvalue weighted by atomic mass is 9.86. The molecule has 1 aliphatic rings. The number of amides is 1. The van der Waals surface area contributed by atoms with Crippen LogP contribution in [0.25, 0.3) is 11.5 Å². The molecule has 1 amide bonds. The van der Waals surface area contributed by atoms with E-state index in [9.17, 15) is 4.79 Å². The molecule has 6 heteroatoms. The molecule has 0 bridgehead atoms. The molecule has 1 heterocycles. The number of benzene rings is 1. The van der Waals surface area contributed by atoms with E-state index in [0.29, 0.717) is 28.8 Å². The minimum Gasteiger partial charge on any atom is -0.411 e. The van der Waals surface area contributed by atoms with Crippen LogP contribution in [0.2, 0.25) is 0 Å². The second kappa shape index (κ2) is 7.83. The number of carbonyl (C=O) groups excluding carboxylic acids is 1. The Morgan fingerprint density at radius 3 is 2.88 bits per heavy atom. The van der Waals surface area contributed by atoms with Crippen molar-refractivity contribution in [3.63, 3.8) is 0 Å². The maximum atomic E-state index is 12.1. The quantitative estimate of drug-likeness (QED) is 0.834. The zero-order valence-corrected chi connectivity index (χ0v) is 14.9. The van der Waals surface area contributed by atoms with Gasteiger partial charge in [-0.3, -0.25) is 4.79 Å². The molecule has 0 saturated heterocycles. The van der Waals surface area contributed by atoms with Crippen LogP contribution in [0, 0.1) is 12.8 Å². The highest BCUT2D eigenvalue weighted by Crippen LogP contribution is 2.26. The third-order valence-corrected chi connectivity index (χ3v) is 5.38. The summed E-state index contributed by atoms with van der Waals surface area (Å²) in [5.74, 6) is 1.40. The molecule has 1 aliphatic carbocycles. The number of carbonyl (C=O) groups is 1. The molecule has 0 aliphatic heterocycles. The van der Waals surface area contributed by atoms with E-state index in [4.69, 9.17) is 4.42 Å². The highest BCUT2D eigenvalue weighted by Gasteiger charge is 2.23. The molecule has 1 saturated carbocycles. The van der Waals surface area contributed by atoms with Gasteiger partial charge in [-0.25, -0.2) is 0 Å². The summed E-state index contributed by atoms with van der Waals surface area (Å²) in [6, 6.07) is 8.18. The molecule has 1 N–H and O–H groups in total. The van der Waals surface area contributed by atoms with Gasteiger partial charge in [0, 0.05) is 11.6 Å². The van der Waals surface area contributed by atoms with Crippen LogP contribution in [0.4, 0.5) is 0 Å². The van der Waals surface area contributed by atoms with Crippen LogP contribution in [-0.4, -0.2) is 27.9 Å². The number of rotatable bonds is 5. The van der Waals surface area contributed by atoms with Crippen molar-refractivity contribution in [2.45, 2.75) is 50.8 Å². The minimum atomic E-state index is 0.0365. The van der Waals surface area contributed by atoms with Crippen LogP contribution >= 0.6 is 11.8 Å². The Morgan fingerprint density at radius 2 is 2.08 bits per heavy atom. The molecule has 24 heavy (non-hydrogen) atoms. The molecule has 0 radical (unpaired) electrons. The number of hydrogen-bond donors (Lipinski definition) is 1. The van der Waals surface area contributed by atoms with Crippen LogP contribution in [0.5, 0.6) is 0 Å². The predicted octanol–water partition coefficient (Wildman–Crippen LogP) is 3.83. The van der Waals surface area contributed by atoms with Crippen molar-refractivity contribution in [2.24, 2.45) is 5.92 Å². The molecule has 2 atom stereocenters. The lowest BCUT2D eigenvalue weighted by Gasteiger charge is -2.29. The molecule has 2 aromatic rings. The fourth-order valence-electron chi connectivity index (χ4n) is 3.10. The van der Waals surface area contributed by atoms with Crippen LogP contribution in [0.15, 0.2) is 33.9 Å². The van der Waals surface area contributed by atoms with Gasteiger partial charge in [0.15, 0.2) is 0 Å². The minimum absolute atomic E-state index is 0.0365. The van der Waals surface area contributed by atoms with Crippen molar-refractivity contribution in [2.75, 3.05) is 5.75 Å². The summed E-state index contributed by atoms with van der Waals surface area (Å²) in [5, 5.41) is 11.7. The number of nitrogens with one attached hydrogen (secondary N) is 1. The van der Waals surface area contributed by atoms with Gasteiger partial charge in [0.2, 0.25) is 11.8 Å². The summed E-state index contributed by atoms with van der Waals surface area (Å²) in [6.07, 6.45) is 4.74. The van der Waals surface area contributed by atoms with Gasteiger partial charge in [-0.1, -0.05) is 49.7 Å². The fourth-order valence-corrected chi connectivity index (χ4v) is 3.67. The van der Waals surface area contributed by atoms with Crippen LogP contribution < -0.4 is 5.32 Å². The smallest absolute Gasteiger partial charge is 0.277 e. The highest BCUT2D eigenvalue weighted by molar-refractivity contribution is 7.99. The standard InChI is InChI=1S/C18H23N3O2S/c1-12-7-3-5-9-14(12)17-20-21-18(23-17)24-11-16(22)19-15-10-6-4-8-13(15)2/h3,5,7,9,13,15H,4,6,8,10-11H2,1-2H3,(H,19,22)/t13-,15+/m0/s1. The maximum Gasteiger partial charge on any atom is 0.277 e. The Morgan fingerprint density at radius 1 is 1.29 bits per heavy atom. The van der Waals surface area contributed by atoms with Gasteiger partial charge in [0.1, 0.15) is 0 Å². The molecule has 3 rings (SSSR count). The molecular weight excluding hydrogens is 322 g/mol. The van der Waals surface area contributed by atoms with E-state index in [1.807, 2.05) is 31.2 Å². The van der Waals surface area contributed by atoms with Crippen LogP contribution in [-0.2, 0) is 4.79 Å². The van der Waals surface area contributed by atoms with E-state index >= 15 is 0 Å². The summed E-state index contributed by atoms with van der Waals surface area (Å²) in [6.45, 7) is 4.22. The van der Waals surface area contributed by atoms with Gasteiger partial charge in [0.05, 0.1) is 5.75 Å².